The Hall–Kier alpha value is -3.32. The van der Waals surface area contributed by atoms with E-state index in [0.29, 0.717) is 11.3 Å². The standard InChI is InChI=1S/C21H30N4O8S/c1-11(21(32)33)23-20(31)16(10-17(27)28)25-19(30)15(7-8-34-2)24-18(29)14(22)9-12-3-5-13(26)6-4-12/h3-6,11,14-16,26H,7-10,22H2,1-2H3,(H,23,31)(H,24,29)(H,25,30)(H,27,28)(H,32,33). The van der Waals surface area contributed by atoms with Crippen LogP contribution in [0.4, 0.5) is 0 Å². The van der Waals surface area contributed by atoms with Gasteiger partial charge >= 0.3 is 11.9 Å². The first kappa shape index (κ1) is 28.7. The number of carbonyl (C=O) groups is 5. The fourth-order valence-electron chi connectivity index (χ4n) is 2.79. The van der Waals surface area contributed by atoms with Crippen molar-refractivity contribution in [1.82, 2.24) is 16.0 Å². The molecular formula is C21H30N4O8S. The minimum atomic E-state index is -1.55. The summed E-state index contributed by atoms with van der Waals surface area (Å²) in [5.74, 6) is -4.60. The molecule has 12 nitrogen and oxygen atoms in total. The van der Waals surface area contributed by atoms with Crippen LogP contribution in [0.5, 0.6) is 5.75 Å². The summed E-state index contributed by atoms with van der Waals surface area (Å²) < 4.78 is 0. The number of nitrogens with two attached hydrogens (primary N) is 1. The number of phenolic OH excluding ortho intramolecular Hbond substituents is 1. The number of hydrogen-bond donors (Lipinski definition) is 7. The first-order valence-electron chi connectivity index (χ1n) is 10.3. The Bertz CT molecular complexity index is 880. The Morgan fingerprint density at radius 3 is 2.03 bits per heavy atom. The Balaban J connectivity index is 2.89. The minimum Gasteiger partial charge on any atom is -0.508 e. The molecule has 34 heavy (non-hydrogen) atoms. The van der Waals surface area contributed by atoms with E-state index in [4.69, 9.17) is 15.9 Å². The molecule has 4 unspecified atom stereocenters. The molecule has 0 fully saturated rings. The maximum atomic E-state index is 12.8. The third-order valence-electron chi connectivity index (χ3n) is 4.71. The van der Waals surface area contributed by atoms with Gasteiger partial charge in [-0.15, -0.1) is 0 Å². The molecule has 4 atom stereocenters. The van der Waals surface area contributed by atoms with Crippen molar-refractivity contribution in [1.29, 1.82) is 0 Å². The van der Waals surface area contributed by atoms with Crippen LogP contribution in [0.2, 0.25) is 0 Å². The van der Waals surface area contributed by atoms with Crippen molar-refractivity contribution in [3.05, 3.63) is 29.8 Å². The first-order chi connectivity index (χ1) is 15.9. The third kappa shape index (κ3) is 10.1. The predicted octanol–water partition coefficient (Wildman–Crippen LogP) is -0.951. The van der Waals surface area contributed by atoms with Gasteiger partial charge in [-0.05, 0) is 49.5 Å². The zero-order chi connectivity index (χ0) is 25.8. The van der Waals surface area contributed by atoms with E-state index in [0.717, 1.165) is 0 Å². The summed E-state index contributed by atoms with van der Waals surface area (Å²) in [4.78, 5) is 59.9. The summed E-state index contributed by atoms with van der Waals surface area (Å²) in [5, 5.41) is 34.3. The van der Waals surface area contributed by atoms with Crippen LogP contribution < -0.4 is 21.7 Å². The fraction of sp³-hybridized carbons (Fsp3) is 0.476. The highest BCUT2D eigenvalue weighted by Gasteiger charge is 2.30. The van der Waals surface area contributed by atoms with Gasteiger partial charge in [0.05, 0.1) is 12.5 Å². The molecule has 1 aromatic rings. The second-order valence-electron chi connectivity index (χ2n) is 7.55. The van der Waals surface area contributed by atoms with Crippen LogP contribution in [-0.2, 0) is 30.4 Å². The fourth-order valence-corrected chi connectivity index (χ4v) is 3.27. The SMILES string of the molecule is CSCCC(NC(=O)C(N)Cc1ccc(O)cc1)C(=O)NC(CC(=O)O)C(=O)NC(C)C(=O)O. The minimum absolute atomic E-state index is 0.0632. The van der Waals surface area contributed by atoms with Crippen LogP contribution in [0.3, 0.4) is 0 Å². The first-order valence-corrected chi connectivity index (χ1v) is 11.7. The van der Waals surface area contributed by atoms with Gasteiger partial charge in [0, 0.05) is 0 Å². The Morgan fingerprint density at radius 1 is 0.941 bits per heavy atom. The lowest BCUT2D eigenvalue weighted by molar-refractivity contribution is -0.143. The number of aliphatic carboxylic acids is 2. The summed E-state index contributed by atoms with van der Waals surface area (Å²) >= 11 is 1.41. The highest BCUT2D eigenvalue weighted by molar-refractivity contribution is 7.98. The van der Waals surface area contributed by atoms with Gasteiger partial charge in [0.2, 0.25) is 17.7 Å². The second kappa shape index (κ2) is 14.1. The molecule has 0 aliphatic heterocycles. The van der Waals surface area contributed by atoms with Gasteiger partial charge in [0.25, 0.3) is 0 Å². The van der Waals surface area contributed by atoms with E-state index >= 15 is 0 Å². The summed E-state index contributed by atoms with van der Waals surface area (Å²) in [7, 11) is 0. The van der Waals surface area contributed by atoms with Crippen LogP contribution in [0.1, 0.15) is 25.3 Å². The Kier molecular flexibility index (Phi) is 11.9. The summed E-state index contributed by atoms with van der Waals surface area (Å²) in [6.45, 7) is 1.19. The van der Waals surface area contributed by atoms with E-state index in [9.17, 15) is 29.1 Å². The van der Waals surface area contributed by atoms with Crippen molar-refractivity contribution in [3.8, 4) is 5.75 Å². The van der Waals surface area contributed by atoms with E-state index in [1.165, 1.54) is 30.8 Å². The van der Waals surface area contributed by atoms with E-state index in [-0.39, 0.29) is 18.6 Å². The smallest absolute Gasteiger partial charge is 0.325 e. The lowest BCUT2D eigenvalue weighted by Gasteiger charge is -2.24. The molecule has 3 amide bonds. The third-order valence-corrected chi connectivity index (χ3v) is 5.36. The quantitative estimate of drug-likeness (QED) is 0.167. The number of phenols is 1. The van der Waals surface area contributed by atoms with Crippen LogP contribution in [0, 0.1) is 0 Å². The average molecular weight is 499 g/mol. The molecule has 1 aromatic carbocycles. The molecule has 1 rings (SSSR count). The van der Waals surface area contributed by atoms with Crippen molar-refractivity contribution >= 4 is 41.4 Å². The highest BCUT2D eigenvalue weighted by atomic mass is 32.2. The van der Waals surface area contributed by atoms with Gasteiger partial charge in [-0.25, -0.2) is 0 Å². The van der Waals surface area contributed by atoms with Crippen molar-refractivity contribution in [2.45, 2.75) is 50.4 Å². The van der Waals surface area contributed by atoms with Gasteiger partial charge in [-0.2, -0.15) is 11.8 Å². The molecule has 0 saturated carbocycles. The summed E-state index contributed by atoms with van der Waals surface area (Å²) in [6.07, 6.45) is 1.33. The van der Waals surface area contributed by atoms with Crippen LogP contribution in [0.25, 0.3) is 0 Å². The van der Waals surface area contributed by atoms with Crippen LogP contribution >= 0.6 is 11.8 Å². The molecule has 188 valence electrons. The molecular weight excluding hydrogens is 468 g/mol. The van der Waals surface area contributed by atoms with Crippen molar-refractivity contribution in [3.63, 3.8) is 0 Å². The highest BCUT2D eigenvalue weighted by Crippen LogP contribution is 2.11. The van der Waals surface area contributed by atoms with Crippen molar-refractivity contribution in [2.75, 3.05) is 12.0 Å². The van der Waals surface area contributed by atoms with Crippen LogP contribution in [0.15, 0.2) is 24.3 Å². The zero-order valence-corrected chi connectivity index (χ0v) is 19.6. The van der Waals surface area contributed by atoms with Gasteiger partial charge in [0.15, 0.2) is 0 Å². The normalized spacial score (nSPS) is 14.2. The number of carbonyl (C=O) groups excluding carboxylic acids is 3. The molecule has 0 saturated heterocycles. The predicted molar refractivity (Wildman–Crippen MR) is 124 cm³/mol. The molecule has 0 spiro atoms. The summed E-state index contributed by atoms with van der Waals surface area (Å²) in [6, 6.07) is 1.15. The van der Waals surface area contributed by atoms with Gasteiger partial charge < -0.3 is 37.0 Å². The van der Waals surface area contributed by atoms with Gasteiger partial charge in [-0.1, -0.05) is 12.1 Å². The molecule has 0 bridgehead atoms. The number of thioether (sulfide) groups is 1. The largest absolute Gasteiger partial charge is 0.508 e. The molecule has 13 heteroatoms. The Labute approximate surface area is 200 Å². The molecule has 0 aliphatic rings. The molecule has 0 aromatic heterocycles. The number of amides is 3. The molecule has 8 N–H and O–H groups in total. The molecule has 0 heterocycles. The molecule has 0 radical (unpaired) electrons. The number of carboxylic acids is 2. The van der Waals surface area contributed by atoms with Crippen molar-refractivity contribution in [2.24, 2.45) is 5.73 Å². The average Bonchev–Trinajstić information content (AvgIpc) is 2.76. The second-order valence-corrected chi connectivity index (χ2v) is 8.53. The lowest BCUT2D eigenvalue weighted by Crippen LogP contribution is -2.57. The Morgan fingerprint density at radius 2 is 1.50 bits per heavy atom. The van der Waals surface area contributed by atoms with Crippen molar-refractivity contribution < 1.29 is 39.3 Å². The number of rotatable bonds is 14. The number of aromatic hydroxyl groups is 1. The zero-order valence-electron chi connectivity index (χ0n) is 18.8. The molecule has 0 aliphatic carbocycles. The maximum absolute atomic E-state index is 12.8. The van der Waals surface area contributed by atoms with E-state index < -0.39 is 60.2 Å². The van der Waals surface area contributed by atoms with Gasteiger partial charge in [-0.3, -0.25) is 24.0 Å². The lowest BCUT2D eigenvalue weighted by atomic mass is 10.0. The number of nitrogens with one attached hydrogen (secondary N) is 3. The topological polar surface area (TPSA) is 208 Å². The maximum Gasteiger partial charge on any atom is 0.325 e. The van der Waals surface area contributed by atoms with E-state index in [1.807, 2.05) is 0 Å². The number of hydrogen-bond acceptors (Lipinski definition) is 8. The summed E-state index contributed by atoms with van der Waals surface area (Å²) in [5.41, 5.74) is 6.65. The number of carboxylic acid groups (broad SMARTS) is 2. The number of benzene rings is 1. The van der Waals surface area contributed by atoms with Gasteiger partial charge in [0.1, 0.15) is 23.9 Å². The van der Waals surface area contributed by atoms with E-state index in [2.05, 4.69) is 16.0 Å². The van der Waals surface area contributed by atoms with E-state index in [1.54, 1.807) is 18.4 Å². The van der Waals surface area contributed by atoms with Crippen LogP contribution in [-0.4, -0.2) is 81.2 Å². The monoisotopic (exact) mass is 498 g/mol.